The maximum absolute atomic E-state index is 12.4. The Bertz CT molecular complexity index is 1140. The smallest absolute Gasteiger partial charge is 0.228 e. The number of fused-ring (bicyclic) bond motifs is 1. The number of nitrogens with one attached hydrogen (secondary N) is 2. The quantitative estimate of drug-likeness (QED) is 0.280. The van der Waals surface area contributed by atoms with E-state index in [9.17, 15) is 15.0 Å². The molecule has 1 amide bonds. The van der Waals surface area contributed by atoms with Crippen LogP contribution in [-0.2, 0) is 11.3 Å². The molecule has 3 aromatic rings. The van der Waals surface area contributed by atoms with Crippen LogP contribution in [0.4, 0.5) is 5.82 Å². The maximum Gasteiger partial charge on any atom is 0.228 e. The van der Waals surface area contributed by atoms with E-state index < -0.39 is 23.7 Å². The average molecular weight is 557 g/mol. The first-order chi connectivity index (χ1) is 14.7. The topological polar surface area (TPSA) is 125 Å². The Labute approximate surface area is 197 Å². The van der Waals surface area contributed by atoms with Gasteiger partial charge in [0.15, 0.2) is 20.8 Å². The zero-order valence-corrected chi connectivity index (χ0v) is 19.8. The molecule has 4 atom stereocenters. The van der Waals surface area contributed by atoms with Gasteiger partial charge in [0.05, 0.1) is 23.9 Å². The molecule has 0 radical (unpaired) electrons. The second-order valence-corrected chi connectivity index (χ2v) is 9.25. The largest absolute Gasteiger partial charge is 0.389 e. The third-order valence-electron chi connectivity index (χ3n) is 5.85. The number of aliphatic hydroxyl groups excluding tert-OH is 2. The summed E-state index contributed by atoms with van der Waals surface area (Å²) in [6, 6.07) is 6.95. The van der Waals surface area contributed by atoms with Crippen LogP contribution in [0.3, 0.4) is 0 Å². The minimum atomic E-state index is -1.21. The van der Waals surface area contributed by atoms with Gasteiger partial charge in [0.2, 0.25) is 5.91 Å². The zero-order valence-electron chi connectivity index (χ0n) is 16.9. The van der Waals surface area contributed by atoms with Crippen LogP contribution in [0.5, 0.6) is 0 Å². The molecule has 0 aliphatic heterocycles. The van der Waals surface area contributed by atoms with Crippen molar-refractivity contribution in [2.24, 2.45) is 5.41 Å². The van der Waals surface area contributed by atoms with Crippen LogP contribution in [0, 0.1) is 9.25 Å². The van der Waals surface area contributed by atoms with Crippen LogP contribution < -0.4 is 10.6 Å². The molecule has 1 aliphatic carbocycles. The van der Waals surface area contributed by atoms with Crippen molar-refractivity contribution < 1.29 is 15.0 Å². The number of benzene rings is 1. The van der Waals surface area contributed by atoms with Crippen molar-refractivity contribution in [2.45, 2.75) is 38.1 Å². The van der Waals surface area contributed by atoms with E-state index >= 15 is 0 Å². The molecule has 0 saturated heterocycles. The van der Waals surface area contributed by atoms with Crippen LogP contribution in [0.1, 0.15) is 24.9 Å². The molecule has 1 fully saturated rings. The van der Waals surface area contributed by atoms with Crippen LogP contribution in [-0.4, -0.2) is 54.9 Å². The van der Waals surface area contributed by atoms with Gasteiger partial charge in [0, 0.05) is 41.2 Å². The molecule has 0 spiro atoms. The van der Waals surface area contributed by atoms with Gasteiger partial charge in [-0.3, -0.25) is 4.79 Å². The predicted molar refractivity (Wildman–Crippen MR) is 125 cm³/mol. The molecule has 1 aliphatic rings. The first-order valence-corrected chi connectivity index (χ1v) is 11.2. The number of amides is 1. The Morgan fingerprint density at radius 1 is 1.39 bits per heavy atom. The number of imidazole rings is 1. The standard InChI is InChI=1S/C20H22ClIN6O3/c1-20(18(31)23-2)7-12(14(29)15(20)30)28-9-25-13-16(26-19(22)27-17(13)28)24-8-10-4-3-5-11(21)6-10/h3-6,9,12,14-15,29-30H,7-8H2,1-2H3,(H,23,31)(H,24,26,27)/t12-,14+,15+,20?/m1/s1. The van der Waals surface area contributed by atoms with Gasteiger partial charge in [-0.2, -0.15) is 0 Å². The second kappa shape index (κ2) is 8.49. The fourth-order valence-electron chi connectivity index (χ4n) is 4.13. The third-order valence-corrected chi connectivity index (χ3v) is 6.57. The van der Waals surface area contributed by atoms with Crippen molar-refractivity contribution in [1.29, 1.82) is 0 Å². The number of aliphatic hydroxyl groups is 2. The number of halogens is 2. The molecule has 1 saturated carbocycles. The number of nitrogens with zero attached hydrogens (tertiary/aromatic N) is 4. The van der Waals surface area contributed by atoms with Crippen molar-refractivity contribution in [3.8, 4) is 0 Å². The van der Waals surface area contributed by atoms with E-state index in [2.05, 4.69) is 25.6 Å². The van der Waals surface area contributed by atoms with Gasteiger partial charge in [0.25, 0.3) is 0 Å². The predicted octanol–water partition coefficient (Wildman–Crippen LogP) is 2.12. The normalized spacial score (nSPS) is 25.7. The van der Waals surface area contributed by atoms with Gasteiger partial charge in [-0.15, -0.1) is 0 Å². The van der Waals surface area contributed by atoms with Gasteiger partial charge >= 0.3 is 0 Å². The molecule has 1 unspecified atom stereocenters. The molecule has 2 aromatic heterocycles. The number of carbonyl (C=O) groups is 1. The molecule has 164 valence electrons. The summed E-state index contributed by atoms with van der Waals surface area (Å²) in [5.41, 5.74) is 0.927. The van der Waals surface area contributed by atoms with Crippen molar-refractivity contribution in [1.82, 2.24) is 24.8 Å². The lowest BCUT2D eigenvalue weighted by Gasteiger charge is -2.26. The fraction of sp³-hybridized carbons (Fsp3) is 0.400. The summed E-state index contributed by atoms with van der Waals surface area (Å²) in [6.07, 6.45) is -0.547. The number of carbonyl (C=O) groups excluding carboxylic acids is 1. The molecule has 0 bridgehead atoms. The van der Waals surface area contributed by atoms with Gasteiger partial charge in [-0.05, 0) is 31.0 Å². The van der Waals surface area contributed by atoms with Crippen LogP contribution in [0.25, 0.3) is 11.2 Å². The highest BCUT2D eigenvalue weighted by Gasteiger charge is 2.54. The lowest BCUT2D eigenvalue weighted by molar-refractivity contribution is -0.136. The molecule has 9 nitrogen and oxygen atoms in total. The molecule has 4 N–H and O–H groups in total. The van der Waals surface area contributed by atoms with Crippen LogP contribution in [0.2, 0.25) is 5.02 Å². The molecule has 11 heteroatoms. The first-order valence-electron chi connectivity index (χ1n) is 9.71. The average Bonchev–Trinajstić information content (AvgIpc) is 3.26. The van der Waals surface area contributed by atoms with Crippen molar-refractivity contribution in [3.05, 3.63) is 45.0 Å². The Morgan fingerprint density at radius 3 is 2.87 bits per heavy atom. The zero-order chi connectivity index (χ0) is 22.3. The summed E-state index contributed by atoms with van der Waals surface area (Å²) in [4.78, 5) is 25.8. The van der Waals surface area contributed by atoms with E-state index in [1.807, 2.05) is 46.9 Å². The first kappa shape index (κ1) is 22.2. The van der Waals surface area contributed by atoms with Gasteiger partial charge in [-0.1, -0.05) is 23.7 Å². The summed E-state index contributed by atoms with van der Waals surface area (Å²) < 4.78 is 2.22. The Morgan fingerprint density at radius 2 is 2.16 bits per heavy atom. The molecular weight excluding hydrogens is 535 g/mol. The fourth-order valence-corrected chi connectivity index (χ4v) is 4.81. The number of hydrogen-bond donors (Lipinski definition) is 4. The summed E-state index contributed by atoms with van der Waals surface area (Å²) in [5, 5.41) is 27.8. The minimum absolute atomic E-state index is 0.242. The van der Waals surface area contributed by atoms with E-state index in [0.717, 1.165) is 5.56 Å². The van der Waals surface area contributed by atoms with Crippen molar-refractivity contribution in [2.75, 3.05) is 12.4 Å². The Hall–Kier alpha value is -2.02. The highest BCUT2D eigenvalue weighted by Crippen LogP contribution is 2.45. The van der Waals surface area contributed by atoms with Gasteiger partial charge in [0.1, 0.15) is 6.10 Å². The molecule has 31 heavy (non-hydrogen) atoms. The second-order valence-electron chi connectivity index (χ2n) is 7.85. The monoisotopic (exact) mass is 556 g/mol. The molecule has 4 rings (SSSR count). The lowest BCUT2D eigenvalue weighted by atomic mass is 9.85. The SMILES string of the molecule is CNC(=O)C1(C)C[C@@H](n2cnc3c(NCc4cccc(Cl)c4)nc(I)nc32)[C@H](O)[C@@H]1O. The number of rotatable bonds is 5. The summed E-state index contributed by atoms with van der Waals surface area (Å²) in [6.45, 7) is 2.14. The van der Waals surface area contributed by atoms with Gasteiger partial charge < -0.3 is 25.4 Å². The molecular formula is C20H22ClIN6O3. The summed E-state index contributed by atoms with van der Waals surface area (Å²) >= 11 is 8.08. The summed E-state index contributed by atoms with van der Waals surface area (Å²) in [5.74, 6) is 0.231. The van der Waals surface area contributed by atoms with Crippen LogP contribution in [0.15, 0.2) is 30.6 Å². The number of hydrogen-bond acceptors (Lipinski definition) is 7. The third kappa shape index (κ3) is 3.97. The number of aromatic nitrogens is 4. The Balaban J connectivity index is 1.67. The highest BCUT2D eigenvalue weighted by atomic mass is 127. The Kier molecular flexibility index (Phi) is 6.08. The molecule has 1 aromatic carbocycles. The van der Waals surface area contributed by atoms with Gasteiger partial charge in [-0.25, -0.2) is 15.0 Å². The van der Waals surface area contributed by atoms with Crippen molar-refractivity contribution >= 4 is 57.1 Å². The number of anilines is 1. The minimum Gasteiger partial charge on any atom is -0.389 e. The van der Waals surface area contributed by atoms with Crippen LogP contribution >= 0.6 is 34.2 Å². The van der Waals surface area contributed by atoms with E-state index in [1.54, 1.807) is 17.8 Å². The van der Waals surface area contributed by atoms with E-state index in [0.29, 0.717) is 32.4 Å². The van der Waals surface area contributed by atoms with E-state index in [-0.39, 0.29) is 12.3 Å². The highest BCUT2D eigenvalue weighted by molar-refractivity contribution is 14.1. The lowest BCUT2D eigenvalue weighted by Crippen LogP contribution is -2.45. The summed E-state index contributed by atoms with van der Waals surface area (Å²) in [7, 11) is 1.51. The molecule has 2 heterocycles. The van der Waals surface area contributed by atoms with Crippen molar-refractivity contribution in [3.63, 3.8) is 0 Å². The van der Waals surface area contributed by atoms with E-state index in [1.165, 1.54) is 7.05 Å². The van der Waals surface area contributed by atoms with E-state index in [4.69, 9.17) is 11.6 Å². The maximum atomic E-state index is 12.4.